The second-order valence-electron chi connectivity index (χ2n) is 10.9. The van der Waals surface area contributed by atoms with Crippen LogP contribution in [0.3, 0.4) is 0 Å². The van der Waals surface area contributed by atoms with Crippen LogP contribution in [0.25, 0.3) is 0 Å². The van der Waals surface area contributed by atoms with E-state index in [-0.39, 0.29) is 34.7 Å². The number of rotatable bonds is 8. The highest BCUT2D eigenvalue weighted by Crippen LogP contribution is 2.40. The summed E-state index contributed by atoms with van der Waals surface area (Å²) in [6, 6.07) is 24.3. The number of piperidine rings is 1. The van der Waals surface area contributed by atoms with Crippen LogP contribution >= 0.6 is 15.9 Å². The zero-order chi connectivity index (χ0) is 30.1. The van der Waals surface area contributed by atoms with Gasteiger partial charge in [-0.2, -0.15) is 0 Å². The Morgan fingerprint density at radius 1 is 0.977 bits per heavy atom. The number of hydrogen-bond acceptors (Lipinski definition) is 6. The summed E-state index contributed by atoms with van der Waals surface area (Å²) in [5.41, 5.74) is 3.15. The maximum atomic E-state index is 13.5. The van der Waals surface area contributed by atoms with E-state index in [1.807, 2.05) is 34.9 Å². The third-order valence-electron chi connectivity index (χ3n) is 8.08. The summed E-state index contributed by atoms with van der Waals surface area (Å²) in [5, 5.41) is 2.92. The summed E-state index contributed by atoms with van der Waals surface area (Å²) >= 11 is 3.35. The Morgan fingerprint density at radius 3 is 2.56 bits per heavy atom. The predicted octanol–water partition coefficient (Wildman–Crippen LogP) is 4.97. The first-order chi connectivity index (χ1) is 20.7. The number of methoxy groups -OCH3 is 1. The van der Waals surface area contributed by atoms with E-state index < -0.39 is 10.0 Å². The molecule has 0 spiro atoms. The van der Waals surface area contributed by atoms with Crippen molar-refractivity contribution in [2.45, 2.75) is 30.3 Å². The van der Waals surface area contributed by atoms with Crippen LogP contribution in [0.5, 0.6) is 5.75 Å². The van der Waals surface area contributed by atoms with Crippen molar-refractivity contribution in [3.63, 3.8) is 0 Å². The third kappa shape index (κ3) is 6.05. The van der Waals surface area contributed by atoms with Gasteiger partial charge in [0, 0.05) is 59.5 Å². The van der Waals surface area contributed by atoms with Gasteiger partial charge >= 0.3 is 0 Å². The lowest BCUT2D eigenvalue weighted by atomic mass is 9.83. The standard InChI is InChI=1S/C32H31BrN4O5S/c1-42-30-7-3-2-5-23(30)17-34-32(39)22-9-14-29(27(16-22)35-43(40,41)26-12-10-25(33)11-13-26)36-18-21-15-24(20-36)28-6-4-8-31(38)37(28)19-21/h2-14,16,21,24,35H,15,17-20H2,1H3,(H,34,39). The Kier molecular flexibility index (Phi) is 8.02. The number of nitrogens with one attached hydrogen (secondary N) is 2. The van der Waals surface area contributed by atoms with E-state index in [0.717, 1.165) is 22.2 Å². The molecule has 1 amide bonds. The molecule has 11 heteroatoms. The summed E-state index contributed by atoms with van der Waals surface area (Å²) in [5.74, 6) is 0.679. The fourth-order valence-electron chi connectivity index (χ4n) is 6.07. The zero-order valence-electron chi connectivity index (χ0n) is 23.5. The molecule has 2 N–H and O–H groups in total. The van der Waals surface area contributed by atoms with E-state index in [1.54, 1.807) is 49.6 Å². The molecule has 222 valence electrons. The number of sulfonamides is 1. The van der Waals surface area contributed by atoms with Crippen LogP contribution in [0.2, 0.25) is 0 Å². The fourth-order valence-corrected chi connectivity index (χ4v) is 7.40. The first kappa shape index (κ1) is 29.0. The Labute approximate surface area is 258 Å². The van der Waals surface area contributed by atoms with Gasteiger partial charge in [-0.1, -0.05) is 40.2 Å². The molecule has 2 atom stereocenters. The molecule has 1 fully saturated rings. The van der Waals surface area contributed by atoms with Crippen LogP contribution in [-0.2, 0) is 23.1 Å². The van der Waals surface area contributed by atoms with Crippen LogP contribution in [0.1, 0.15) is 34.0 Å². The van der Waals surface area contributed by atoms with Crippen molar-refractivity contribution in [2.24, 2.45) is 5.92 Å². The molecule has 0 saturated carbocycles. The van der Waals surface area contributed by atoms with Crippen molar-refractivity contribution in [1.29, 1.82) is 0 Å². The van der Waals surface area contributed by atoms with E-state index in [1.165, 1.54) is 12.1 Å². The molecule has 2 aliphatic heterocycles. The highest BCUT2D eigenvalue weighted by molar-refractivity contribution is 9.10. The number of benzene rings is 3. The Morgan fingerprint density at radius 2 is 1.77 bits per heavy atom. The molecule has 2 aliphatic rings. The summed E-state index contributed by atoms with van der Waals surface area (Å²) < 4.78 is 37.8. The minimum Gasteiger partial charge on any atom is -0.496 e. The van der Waals surface area contributed by atoms with Crippen LogP contribution in [0, 0.1) is 5.92 Å². The van der Waals surface area contributed by atoms with Crippen LogP contribution in [0.4, 0.5) is 11.4 Å². The van der Waals surface area contributed by atoms with E-state index in [2.05, 4.69) is 30.9 Å². The first-order valence-electron chi connectivity index (χ1n) is 14.0. The van der Waals surface area contributed by atoms with Gasteiger partial charge in [0.05, 0.1) is 23.4 Å². The number of anilines is 2. The summed E-state index contributed by atoms with van der Waals surface area (Å²) in [6.45, 7) is 2.14. The number of carbonyl (C=O) groups excluding carboxylic acids is 1. The molecule has 3 aromatic carbocycles. The van der Waals surface area contributed by atoms with Gasteiger partial charge in [-0.05, 0) is 66.9 Å². The molecule has 2 bridgehead atoms. The van der Waals surface area contributed by atoms with Gasteiger partial charge < -0.3 is 19.5 Å². The topological polar surface area (TPSA) is 110 Å². The van der Waals surface area contributed by atoms with E-state index >= 15 is 0 Å². The second kappa shape index (κ2) is 11.9. The van der Waals surface area contributed by atoms with Gasteiger partial charge in [-0.25, -0.2) is 8.42 Å². The first-order valence-corrected chi connectivity index (χ1v) is 16.3. The van der Waals surface area contributed by atoms with Crippen molar-refractivity contribution in [3.8, 4) is 5.75 Å². The molecule has 6 rings (SSSR count). The fraction of sp³-hybridized carbons (Fsp3) is 0.250. The smallest absolute Gasteiger partial charge is 0.261 e. The minimum absolute atomic E-state index is 0.00656. The lowest BCUT2D eigenvalue weighted by Gasteiger charge is -2.44. The van der Waals surface area contributed by atoms with Crippen LogP contribution < -0.4 is 25.2 Å². The molecule has 0 aliphatic carbocycles. The summed E-state index contributed by atoms with van der Waals surface area (Å²) in [4.78, 5) is 28.1. The molecule has 1 saturated heterocycles. The number of pyridine rings is 1. The average molecular weight is 664 g/mol. The zero-order valence-corrected chi connectivity index (χ0v) is 25.9. The molecule has 1 aromatic heterocycles. The number of nitrogens with zero attached hydrogens (tertiary/aromatic N) is 2. The maximum Gasteiger partial charge on any atom is 0.261 e. The lowest BCUT2D eigenvalue weighted by Crippen LogP contribution is -2.47. The number of amides is 1. The number of aromatic nitrogens is 1. The highest BCUT2D eigenvalue weighted by atomic mass is 79.9. The number of ether oxygens (including phenoxy) is 1. The second-order valence-corrected chi connectivity index (χ2v) is 13.5. The maximum absolute atomic E-state index is 13.5. The molecule has 9 nitrogen and oxygen atoms in total. The van der Waals surface area contributed by atoms with Crippen molar-refractivity contribution < 1.29 is 17.9 Å². The average Bonchev–Trinajstić information content (AvgIpc) is 3.00. The molecular formula is C32H31BrN4O5S. The van der Waals surface area contributed by atoms with Crippen molar-refractivity contribution in [2.75, 3.05) is 29.8 Å². The quantitative estimate of drug-likeness (QED) is 0.276. The molecule has 43 heavy (non-hydrogen) atoms. The SMILES string of the molecule is COc1ccccc1CNC(=O)c1ccc(N2CC3CC(C2)c2cccc(=O)n2C3)c(NS(=O)(=O)c2ccc(Br)cc2)c1. The Balaban J connectivity index is 1.32. The monoisotopic (exact) mass is 662 g/mol. The minimum atomic E-state index is -3.96. The molecule has 0 radical (unpaired) electrons. The molecule has 4 aromatic rings. The summed E-state index contributed by atoms with van der Waals surface area (Å²) in [7, 11) is -2.38. The Hall–Kier alpha value is -4.09. The van der Waals surface area contributed by atoms with E-state index in [0.29, 0.717) is 42.3 Å². The lowest BCUT2D eigenvalue weighted by molar-refractivity contribution is 0.0950. The van der Waals surface area contributed by atoms with Crippen molar-refractivity contribution >= 4 is 43.2 Å². The molecular weight excluding hydrogens is 632 g/mol. The highest BCUT2D eigenvalue weighted by Gasteiger charge is 2.35. The Bertz CT molecular complexity index is 1840. The van der Waals surface area contributed by atoms with Crippen molar-refractivity contribution in [3.05, 3.63) is 117 Å². The van der Waals surface area contributed by atoms with Gasteiger partial charge in [-0.3, -0.25) is 14.3 Å². The number of hydrogen-bond donors (Lipinski definition) is 2. The number of carbonyl (C=O) groups is 1. The molecule has 2 unspecified atom stereocenters. The van der Waals surface area contributed by atoms with Gasteiger partial charge in [0.2, 0.25) is 0 Å². The number of halogens is 1. The normalized spacial score (nSPS) is 17.6. The van der Waals surface area contributed by atoms with E-state index in [9.17, 15) is 18.0 Å². The summed E-state index contributed by atoms with van der Waals surface area (Å²) in [6.07, 6.45) is 0.962. The number of fused-ring (bicyclic) bond motifs is 4. The third-order valence-corrected chi connectivity index (χ3v) is 9.99. The largest absolute Gasteiger partial charge is 0.496 e. The predicted molar refractivity (Wildman–Crippen MR) is 169 cm³/mol. The molecule has 3 heterocycles. The van der Waals surface area contributed by atoms with Crippen LogP contribution in [-0.4, -0.2) is 39.1 Å². The van der Waals surface area contributed by atoms with Crippen molar-refractivity contribution in [1.82, 2.24) is 9.88 Å². The van der Waals surface area contributed by atoms with E-state index in [4.69, 9.17) is 4.74 Å². The van der Waals surface area contributed by atoms with Gasteiger partial charge in [0.1, 0.15) is 5.75 Å². The van der Waals surface area contributed by atoms with Crippen LogP contribution in [0.15, 0.2) is 99.1 Å². The number of para-hydroxylation sites is 1. The van der Waals surface area contributed by atoms with Gasteiger partial charge in [-0.15, -0.1) is 0 Å². The van der Waals surface area contributed by atoms with Gasteiger partial charge in [0.25, 0.3) is 21.5 Å². The van der Waals surface area contributed by atoms with Gasteiger partial charge in [0.15, 0.2) is 0 Å².